The summed E-state index contributed by atoms with van der Waals surface area (Å²) in [5.41, 5.74) is 1.01. The van der Waals surface area contributed by atoms with Crippen molar-refractivity contribution in [3.05, 3.63) is 36.4 Å². The molecule has 0 N–H and O–H groups in total. The van der Waals surface area contributed by atoms with Crippen LogP contribution in [0.15, 0.2) is 30.8 Å². The average Bonchev–Trinajstić information content (AvgIpc) is 2.02. The summed E-state index contributed by atoms with van der Waals surface area (Å²) < 4.78 is 6.75. The normalized spacial score (nSPS) is 11.1. The minimum atomic E-state index is -0.136. The molecule has 0 radical (unpaired) electrons. The quantitative estimate of drug-likeness (QED) is 0.741. The van der Waals surface area contributed by atoms with Crippen molar-refractivity contribution in [3.8, 4) is 5.75 Å². The highest BCUT2D eigenvalue weighted by molar-refractivity contribution is 14.1. The van der Waals surface area contributed by atoms with E-state index in [1.807, 2.05) is 45.0 Å². The van der Waals surface area contributed by atoms with E-state index in [9.17, 15) is 0 Å². The lowest BCUT2D eigenvalue weighted by atomic mass is 10.2. The Morgan fingerprint density at radius 1 is 1.21 bits per heavy atom. The molecule has 0 heterocycles. The molecule has 1 rings (SSSR count). The zero-order chi connectivity index (χ0) is 10.8. The van der Waals surface area contributed by atoms with Gasteiger partial charge in [0.25, 0.3) is 0 Å². The van der Waals surface area contributed by atoms with E-state index in [2.05, 4.69) is 29.2 Å². The van der Waals surface area contributed by atoms with Gasteiger partial charge in [0, 0.05) is 3.58 Å². The van der Waals surface area contributed by atoms with Crippen molar-refractivity contribution >= 4 is 26.2 Å². The van der Waals surface area contributed by atoms with Crippen LogP contribution in [0.4, 0.5) is 0 Å². The minimum absolute atomic E-state index is 0.136. The van der Waals surface area contributed by atoms with E-state index >= 15 is 0 Å². The molecular formula is C12H15IO. The van der Waals surface area contributed by atoms with Gasteiger partial charge >= 0.3 is 0 Å². The lowest BCUT2D eigenvalue weighted by Crippen LogP contribution is -2.22. The van der Waals surface area contributed by atoms with Crippen molar-refractivity contribution < 1.29 is 4.74 Å². The molecule has 1 aromatic rings. The molecule has 2 heteroatoms. The number of hydrogen-bond donors (Lipinski definition) is 0. The predicted octanol–water partition coefficient (Wildman–Crippen LogP) is 4.27. The Hall–Kier alpha value is -0.510. The Labute approximate surface area is 99.3 Å². The van der Waals surface area contributed by atoms with Gasteiger partial charge in [-0.25, -0.2) is 0 Å². The van der Waals surface area contributed by atoms with Crippen molar-refractivity contribution in [3.63, 3.8) is 0 Å². The van der Waals surface area contributed by atoms with Crippen molar-refractivity contribution in [1.82, 2.24) is 0 Å². The summed E-state index contributed by atoms with van der Waals surface area (Å²) in [5, 5.41) is 0. The highest BCUT2D eigenvalue weighted by atomic mass is 127. The first-order valence-corrected chi connectivity index (χ1v) is 5.60. The number of ether oxygens (including phenoxy) is 1. The van der Waals surface area contributed by atoms with Crippen molar-refractivity contribution in [2.45, 2.75) is 26.4 Å². The van der Waals surface area contributed by atoms with Crippen LogP contribution in [-0.2, 0) is 0 Å². The smallest absolute Gasteiger partial charge is 0.120 e. The molecule has 76 valence electrons. The van der Waals surface area contributed by atoms with E-state index in [-0.39, 0.29) is 5.60 Å². The van der Waals surface area contributed by atoms with Crippen LogP contribution in [0.3, 0.4) is 0 Å². The van der Waals surface area contributed by atoms with Crippen molar-refractivity contribution in [2.24, 2.45) is 0 Å². The van der Waals surface area contributed by atoms with Gasteiger partial charge < -0.3 is 4.74 Å². The fraction of sp³-hybridized carbons (Fsp3) is 0.333. The Bertz CT molecular complexity index is 319. The second-order valence-electron chi connectivity index (χ2n) is 4.14. The predicted molar refractivity (Wildman–Crippen MR) is 69.9 cm³/mol. The average molecular weight is 302 g/mol. The van der Waals surface area contributed by atoms with Crippen LogP contribution in [-0.4, -0.2) is 5.60 Å². The lowest BCUT2D eigenvalue weighted by molar-refractivity contribution is 0.131. The van der Waals surface area contributed by atoms with Crippen LogP contribution in [0.2, 0.25) is 0 Å². The summed E-state index contributed by atoms with van der Waals surface area (Å²) in [6.45, 7) is 10.00. The van der Waals surface area contributed by atoms with Gasteiger partial charge in [0.2, 0.25) is 0 Å². The molecule has 1 nitrogen and oxygen atoms in total. The van der Waals surface area contributed by atoms with Gasteiger partial charge in [-0.3, -0.25) is 0 Å². The highest BCUT2D eigenvalue weighted by Gasteiger charge is 2.11. The SMILES string of the molecule is C=C(I)c1ccc(OC(C)(C)C)cc1. The fourth-order valence-corrected chi connectivity index (χ4v) is 1.42. The Balaban J connectivity index is 2.79. The third-order valence-corrected chi connectivity index (χ3v) is 2.21. The Kier molecular flexibility index (Phi) is 3.59. The molecule has 0 aliphatic rings. The maximum absolute atomic E-state index is 5.70. The second-order valence-corrected chi connectivity index (χ2v) is 5.45. The van der Waals surface area contributed by atoms with Crippen molar-refractivity contribution in [1.29, 1.82) is 0 Å². The molecule has 0 aromatic heterocycles. The summed E-state index contributed by atoms with van der Waals surface area (Å²) in [4.78, 5) is 0. The molecule has 0 saturated heterocycles. The molecule has 0 aliphatic heterocycles. The van der Waals surface area contributed by atoms with Gasteiger partial charge in [0.1, 0.15) is 11.4 Å². The van der Waals surface area contributed by atoms with E-state index in [0.717, 1.165) is 14.9 Å². The highest BCUT2D eigenvalue weighted by Crippen LogP contribution is 2.23. The zero-order valence-electron chi connectivity index (χ0n) is 8.80. The van der Waals surface area contributed by atoms with E-state index in [0.29, 0.717) is 0 Å². The summed E-state index contributed by atoms with van der Waals surface area (Å²) >= 11 is 2.21. The first-order chi connectivity index (χ1) is 6.38. The molecule has 0 amide bonds. The van der Waals surface area contributed by atoms with Gasteiger partial charge in [-0.1, -0.05) is 18.7 Å². The summed E-state index contributed by atoms with van der Waals surface area (Å²) in [5.74, 6) is 0.902. The minimum Gasteiger partial charge on any atom is -0.488 e. The monoisotopic (exact) mass is 302 g/mol. The second kappa shape index (κ2) is 4.34. The Morgan fingerprint density at radius 3 is 2.07 bits per heavy atom. The summed E-state index contributed by atoms with van der Waals surface area (Å²) in [6, 6.07) is 8.00. The summed E-state index contributed by atoms with van der Waals surface area (Å²) in [6.07, 6.45) is 0. The van der Waals surface area contributed by atoms with E-state index in [1.165, 1.54) is 0 Å². The molecule has 1 aromatic carbocycles. The molecule has 0 bridgehead atoms. The van der Waals surface area contributed by atoms with E-state index < -0.39 is 0 Å². The first-order valence-electron chi connectivity index (χ1n) is 4.52. The third kappa shape index (κ3) is 3.70. The van der Waals surface area contributed by atoms with Gasteiger partial charge in [-0.15, -0.1) is 0 Å². The van der Waals surface area contributed by atoms with Crippen LogP contribution < -0.4 is 4.74 Å². The van der Waals surface area contributed by atoms with E-state index in [1.54, 1.807) is 0 Å². The van der Waals surface area contributed by atoms with Crippen LogP contribution >= 0.6 is 22.6 Å². The molecule has 0 unspecified atom stereocenters. The van der Waals surface area contributed by atoms with Crippen molar-refractivity contribution in [2.75, 3.05) is 0 Å². The van der Waals surface area contributed by atoms with Crippen LogP contribution in [0, 0.1) is 0 Å². The first kappa shape index (κ1) is 11.6. The maximum atomic E-state index is 5.70. The topological polar surface area (TPSA) is 9.23 Å². The van der Waals surface area contributed by atoms with Gasteiger partial charge in [-0.2, -0.15) is 0 Å². The number of halogens is 1. The number of hydrogen-bond acceptors (Lipinski definition) is 1. The number of benzene rings is 1. The van der Waals surface area contributed by atoms with Crippen LogP contribution in [0.1, 0.15) is 26.3 Å². The zero-order valence-corrected chi connectivity index (χ0v) is 11.0. The van der Waals surface area contributed by atoms with Gasteiger partial charge in [0.15, 0.2) is 0 Å². The molecule has 0 fully saturated rings. The summed E-state index contributed by atoms with van der Waals surface area (Å²) in [7, 11) is 0. The number of rotatable bonds is 2. The largest absolute Gasteiger partial charge is 0.488 e. The standard InChI is InChI=1S/C12H15IO/c1-9(13)10-5-7-11(8-6-10)14-12(2,3)4/h5-8H,1H2,2-4H3. The van der Waals surface area contributed by atoms with Crippen LogP contribution in [0.5, 0.6) is 5.75 Å². The lowest BCUT2D eigenvalue weighted by Gasteiger charge is -2.21. The molecule has 14 heavy (non-hydrogen) atoms. The molecular weight excluding hydrogens is 287 g/mol. The van der Waals surface area contributed by atoms with Crippen LogP contribution in [0.25, 0.3) is 3.58 Å². The molecule has 0 spiro atoms. The van der Waals surface area contributed by atoms with Gasteiger partial charge in [0.05, 0.1) is 0 Å². The van der Waals surface area contributed by atoms with Gasteiger partial charge in [-0.05, 0) is 61.1 Å². The molecule has 0 aliphatic carbocycles. The molecule has 0 atom stereocenters. The van der Waals surface area contributed by atoms with E-state index in [4.69, 9.17) is 4.74 Å². The fourth-order valence-electron chi connectivity index (χ4n) is 1.06. The molecule has 0 saturated carbocycles. The third-order valence-electron chi connectivity index (χ3n) is 1.59. The Morgan fingerprint density at radius 2 is 1.71 bits per heavy atom. The maximum Gasteiger partial charge on any atom is 0.120 e.